The van der Waals surface area contributed by atoms with Gasteiger partial charge in [-0.05, 0) is 12.8 Å². The normalized spacial score (nSPS) is 11.3. The molecule has 0 aromatic rings. The topological polar surface area (TPSA) is 52.6 Å². The highest BCUT2D eigenvalue weighted by Gasteiger charge is 2.28. The van der Waals surface area contributed by atoms with Crippen molar-refractivity contribution < 1.29 is 19.1 Å². The van der Waals surface area contributed by atoms with Gasteiger partial charge in [0.25, 0.3) is 0 Å². The molecule has 4 nitrogen and oxygen atoms in total. The lowest BCUT2D eigenvalue weighted by molar-refractivity contribution is -0.122. The number of carbonyl (C=O) groups is 2. The van der Waals surface area contributed by atoms with Crippen LogP contribution in [0.15, 0.2) is 0 Å². The average Bonchev–Trinajstić information content (AvgIpc) is 2.22. The summed E-state index contributed by atoms with van der Waals surface area (Å²) in [6, 6.07) is 0. The van der Waals surface area contributed by atoms with Crippen LogP contribution in [-0.2, 0) is 19.1 Å². The van der Waals surface area contributed by atoms with E-state index in [1.165, 1.54) is 0 Å². The zero-order chi connectivity index (χ0) is 10.9. The molecule has 0 heterocycles. The first-order chi connectivity index (χ1) is 6.74. The predicted octanol–water partition coefficient (Wildman–Crippen LogP) is 0.834. The largest absolute Gasteiger partial charge is 0.385 e. The van der Waals surface area contributed by atoms with Gasteiger partial charge in [-0.3, -0.25) is 0 Å². The lowest BCUT2D eigenvalue weighted by atomic mass is 9.80. The molecule has 0 unspecified atom stereocenters. The minimum absolute atomic E-state index is 0.239. The Balaban J connectivity index is 4.25. The number of aldehydes is 2. The van der Waals surface area contributed by atoms with Crippen molar-refractivity contribution in [1.29, 1.82) is 0 Å². The van der Waals surface area contributed by atoms with Crippen molar-refractivity contribution in [3.63, 3.8) is 0 Å². The quantitative estimate of drug-likeness (QED) is 0.520. The monoisotopic (exact) mass is 202 g/mol. The second-order valence-corrected chi connectivity index (χ2v) is 3.34. The molecule has 82 valence electrons. The average molecular weight is 202 g/mol. The Morgan fingerprint density at radius 2 is 1.57 bits per heavy atom. The van der Waals surface area contributed by atoms with Crippen molar-refractivity contribution in [3.8, 4) is 0 Å². The Bertz CT molecular complexity index is 160. The van der Waals surface area contributed by atoms with Crippen LogP contribution in [0.1, 0.15) is 19.3 Å². The van der Waals surface area contributed by atoms with Crippen LogP contribution in [0.4, 0.5) is 0 Å². The van der Waals surface area contributed by atoms with Gasteiger partial charge in [0.15, 0.2) is 0 Å². The lowest BCUT2D eigenvalue weighted by Gasteiger charge is -2.24. The fourth-order valence-electron chi connectivity index (χ4n) is 1.27. The first kappa shape index (κ1) is 13.3. The summed E-state index contributed by atoms with van der Waals surface area (Å²) in [6.07, 6.45) is 2.99. The first-order valence-corrected chi connectivity index (χ1v) is 4.62. The second kappa shape index (κ2) is 7.64. The molecule has 0 amide bonds. The number of carbonyl (C=O) groups excluding carboxylic acids is 2. The summed E-state index contributed by atoms with van der Waals surface area (Å²) in [5, 5.41) is 0. The number of methoxy groups -OCH3 is 2. The van der Waals surface area contributed by atoms with Gasteiger partial charge in [-0.2, -0.15) is 0 Å². The molecule has 0 spiro atoms. The molecule has 4 heteroatoms. The molecule has 0 aliphatic heterocycles. The molecule has 0 atom stereocenters. The third-order valence-electron chi connectivity index (χ3n) is 2.35. The minimum Gasteiger partial charge on any atom is -0.385 e. The van der Waals surface area contributed by atoms with Crippen LogP contribution >= 0.6 is 0 Å². The van der Waals surface area contributed by atoms with Crippen LogP contribution < -0.4 is 0 Å². The predicted molar refractivity (Wildman–Crippen MR) is 52.2 cm³/mol. The van der Waals surface area contributed by atoms with E-state index < -0.39 is 5.41 Å². The number of hydrogen-bond acceptors (Lipinski definition) is 4. The van der Waals surface area contributed by atoms with E-state index in [0.717, 1.165) is 12.6 Å². The van der Waals surface area contributed by atoms with E-state index in [1.54, 1.807) is 14.2 Å². The Morgan fingerprint density at radius 3 is 1.86 bits per heavy atom. The Morgan fingerprint density at radius 1 is 1.07 bits per heavy atom. The highest BCUT2D eigenvalue weighted by molar-refractivity contribution is 5.66. The molecule has 0 fully saturated rings. The summed E-state index contributed by atoms with van der Waals surface area (Å²) in [5.41, 5.74) is -0.603. The molecule has 0 radical (unpaired) electrons. The van der Waals surface area contributed by atoms with E-state index in [0.29, 0.717) is 26.1 Å². The van der Waals surface area contributed by atoms with E-state index in [-0.39, 0.29) is 6.42 Å². The fraction of sp³-hybridized carbons (Fsp3) is 0.800. The highest BCUT2D eigenvalue weighted by atomic mass is 16.5. The standard InChI is InChI=1S/C10H18O4/c1-13-7-4-10(9-12,3-6-11)5-8-14-2/h6,9H,3-5,7-8H2,1-2H3. The van der Waals surface area contributed by atoms with Gasteiger partial charge in [-0.1, -0.05) is 0 Å². The zero-order valence-corrected chi connectivity index (χ0v) is 8.82. The molecule has 0 aromatic carbocycles. The maximum atomic E-state index is 11.0. The summed E-state index contributed by atoms with van der Waals surface area (Å²) in [5.74, 6) is 0. The zero-order valence-electron chi connectivity index (χ0n) is 8.82. The van der Waals surface area contributed by atoms with Crippen LogP contribution in [0, 0.1) is 5.41 Å². The molecule has 0 N–H and O–H groups in total. The molecule has 0 bridgehead atoms. The lowest BCUT2D eigenvalue weighted by Crippen LogP contribution is -2.27. The van der Waals surface area contributed by atoms with Gasteiger partial charge in [-0.25, -0.2) is 0 Å². The van der Waals surface area contributed by atoms with E-state index >= 15 is 0 Å². The summed E-state index contributed by atoms with van der Waals surface area (Å²) in [7, 11) is 3.15. The van der Waals surface area contributed by atoms with E-state index in [1.807, 2.05) is 0 Å². The molecule has 0 saturated heterocycles. The molecule has 0 aliphatic rings. The molecule has 0 aliphatic carbocycles. The SMILES string of the molecule is COCCC(C=O)(CC=O)CCOC. The van der Waals surface area contributed by atoms with Crippen molar-refractivity contribution in [2.75, 3.05) is 27.4 Å². The molecular weight excluding hydrogens is 184 g/mol. The van der Waals surface area contributed by atoms with Gasteiger partial charge < -0.3 is 19.1 Å². The third-order valence-corrected chi connectivity index (χ3v) is 2.35. The van der Waals surface area contributed by atoms with Crippen molar-refractivity contribution in [3.05, 3.63) is 0 Å². The van der Waals surface area contributed by atoms with Gasteiger partial charge >= 0.3 is 0 Å². The van der Waals surface area contributed by atoms with Crippen molar-refractivity contribution in [1.82, 2.24) is 0 Å². The molecular formula is C10H18O4. The molecule has 0 rings (SSSR count). The van der Waals surface area contributed by atoms with Gasteiger partial charge in [0, 0.05) is 39.3 Å². The number of rotatable bonds is 9. The first-order valence-electron chi connectivity index (χ1n) is 4.62. The van der Waals surface area contributed by atoms with Crippen LogP contribution in [-0.4, -0.2) is 40.0 Å². The van der Waals surface area contributed by atoms with Crippen LogP contribution in [0.25, 0.3) is 0 Å². The fourth-order valence-corrected chi connectivity index (χ4v) is 1.27. The van der Waals surface area contributed by atoms with E-state index in [4.69, 9.17) is 9.47 Å². The van der Waals surface area contributed by atoms with Gasteiger partial charge in [-0.15, -0.1) is 0 Å². The van der Waals surface area contributed by atoms with E-state index in [9.17, 15) is 9.59 Å². The van der Waals surface area contributed by atoms with Gasteiger partial charge in [0.05, 0.1) is 0 Å². The summed E-state index contributed by atoms with van der Waals surface area (Å²) < 4.78 is 9.82. The Kier molecular flexibility index (Phi) is 7.24. The van der Waals surface area contributed by atoms with Gasteiger partial charge in [0.2, 0.25) is 0 Å². The van der Waals surface area contributed by atoms with Gasteiger partial charge in [0.1, 0.15) is 12.6 Å². The van der Waals surface area contributed by atoms with Crippen molar-refractivity contribution in [2.45, 2.75) is 19.3 Å². The summed E-state index contributed by atoms with van der Waals surface area (Å²) in [6.45, 7) is 0.965. The third kappa shape index (κ3) is 4.48. The maximum absolute atomic E-state index is 11.0. The minimum atomic E-state index is -0.603. The molecule has 0 aromatic heterocycles. The van der Waals surface area contributed by atoms with E-state index in [2.05, 4.69) is 0 Å². The number of ether oxygens (including phenoxy) is 2. The number of hydrogen-bond donors (Lipinski definition) is 0. The van der Waals surface area contributed by atoms with Crippen molar-refractivity contribution >= 4 is 12.6 Å². The molecule has 14 heavy (non-hydrogen) atoms. The second-order valence-electron chi connectivity index (χ2n) is 3.34. The maximum Gasteiger partial charge on any atom is 0.126 e. The molecule has 0 saturated carbocycles. The van der Waals surface area contributed by atoms with Crippen LogP contribution in [0.3, 0.4) is 0 Å². The summed E-state index contributed by atoms with van der Waals surface area (Å²) >= 11 is 0. The van der Waals surface area contributed by atoms with Crippen LogP contribution in [0.5, 0.6) is 0 Å². The van der Waals surface area contributed by atoms with Crippen LogP contribution in [0.2, 0.25) is 0 Å². The summed E-state index contributed by atoms with van der Waals surface area (Å²) in [4.78, 5) is 21.4. The Hall–Kier alpha value is -0.740. The highest BCUT2D eigenvalue weighted by Crippen LogP contribution is 2.27. The van der Waals surface area contributed by atoms with Crippen molar-refractivity contribution in [2.24, 2.45) is 5.41 Å². The smallest absolute Gasteiger partial charge is 0.126 e. The Labute approximate surface area is 84.6 Å².